The molecule has 0 aliphatic heterocycles. The Morgan fingerprint density at radius 2 is 0.389 bits per heavy atom. The highest BCUT2D eigenvalue weighted by atomic mass is 16.3. The lowest BCUT2D eigenvalue weighted by molar-refractivity contribution is 0.668. The maximum atomic E-state index is 6.39. The molecule has 0 unspecified atom stereocenters. The van der Waals surface area contributed by atoms with Crippen molar-refractivity contribution in [1.82, 2.24) is 29.9 Å². The summed E-state index contributed by atoms with van der Waals surface area (Å²) in [5, 5.41) is 4.22. The van der Waals surface area contributed by atoms with E-state index in [2.05, 4.69) is 370 Å². The fraction of sp³-hybridized carbons (Fsp3) is 0.0339. The van der Waals surface area contributed by atoms with E-state index in [1.165, 1.54) is 111 Å². The molecule has 0 N–H and O–H groups in total. The summed E-state index contributed by atoms with van der Waals surface area (Å²) in [5.41, 5.74) is 36.6. The van der Waals surface area contributed by atoms with Gasteiger partial charge in [0, 0.05) is 54.9 Å². The predicted octanol–water partition coefficient (Wildman–Crippen LogP) is 30.2. The molecular weight excluding hydrogens is 1530 g/mol. The largest absolute Gasteiger partial charge is 0.456 e. The zero-order chi connectivity index (χ0) is 81.6. The summed E-state index contributed by atoms with van der Waals surface area (Å²) in [7, 11) is 0. The minimum atomic E-state index is -0.626. The number of hydrogen-bond acceptors (Lipinski definition) is 8. The zero-order valence-electron chi connectivity index (χ0n) is 66.9. The van der Waals surface area contributed by atoms with Gasteiger partial charge in [0.05, 0.1) is 10.8 Å². The van der Waals surface area contributed by atoms with Crippen LogP contribution in [0.5, 0.6) is 0 Å². The monoisotopic (exact) mass is 1610 g/mol. The Morgan fingerprint density at radius 3 is 0.778 bits per heavy atom. The molecular formula is C118H78N6O2. The van der Waals surface area contributed by atoms with E-state index >= 15 is 0 Å². The molecule has 2 spiro atoms. The van der Waals surface area contributed by atoms with Crippen LogP contribution in [0.2, 0.25) is 0 Å². The van der Waals surface area contributed by atoms with E-state index in [0.717, 1.165) is 99.5 Å². The van der Waals surface area contributed by atoms with Gasteiger partial charge in [-0.1, -0.05) is 385 Å². The maximum absolute atomic E-state index is 6.39. The lowest BCUT2D eigenvalue weighted by Crippen LogP contribution is -2.29. The van der Waals surface area contributed by atoms with Gasteiger partial charge in [-0.25, -0.2) is 29.9 Å². The Labute approximate surface area is 729 Å². The van der Waals surface area contributed by atoms with Gasteiger partial charge in [0.25, 0.3) is 0 Å². The van der Waals surface area contributed by atoms with E-state index in [0.29, 0.717) is 34.9 Å². The van der Waals surface area contributed by atoms with E-state index in [-0.39, 0.29) is 14.9 Å². The van der Waals surface area contributed by atoms with Gasteiger partial charge in [0.1, 0.15) is 22.3 Å². The first-order chi connectivity index (χ1) is 61.5. The van der Waals surface area contributed by atoms with Crippen LogP contribution < -0.4 is 0 Å². The van der Waals surface area contributed by atoms with E-state index in [1.54, 1.807) is 0 Å². The summed E-state index contributed by atoms with van der Waals surface area (Å²) in [6.45, 7) is 0. The molecule has 22 aromatic rings. The van der Waals surface area contributed by atoms with Crippen LogP contribution in [0.4, 0.5) is 0 Å². The quantitative estimate of drug-likeness (QED) is 0.148. The summed E-state index contributed by atoms with van der Waals surface area (Å²) >= 11 is 0. The Balaban J connectivity index is 0.000000143. The van der Waals surface area contributed by atoms with Crippen molar-refractivity contribution in [2.45, 2.75) is 25.7 Å². The average Bonchev–Trinajstić information content (AvgIpc) is 1.52. The molecule has 0 fully saturated rings. The van der Waals surface area contributed by atoms with Gasteiger partial charge < -0.3 is 8.83 Å². The summed E-state index contributed by atoms with van der Waals surface area (Å²) in [6, 6.07) is 152. The van der Waals surface area contributed by atoms with Crippen molar-refractivity contribution < 1.29 is 8.83 Å². The van der Waals surface area contributed by atoms with Crippen molar-refractivity contribution in [3.05, 3.63) is 469 Å². The van der Waals surface area contributed by atoms with Crippen molar-refractivity contribution in [2.24, 2.45) is 0 Å². The van der Waals surface area contributed by atoms with E-state index < -0.39 is 10.8 Å². The standard InChI is InChI=1S/2C58H35N3O.2CH4/c1-2-16-36(17-3-1)39-18-4-7-25-47(39)57-60-55(37-31-33-54-48(34-37)46-24-11-15-29-53(46)62-54)59-56(61-57)38-30-32-45-44-23-10-14-28-51(44)58(52(45)35-38)49-26-12-8-21-42(49)40-19-5-6-20-41(40)43-22-9-13-27-50(43)58;1-2-16-36(17-3-1)39-18-4-7-25-48(39)57-60-55(59-56(61-57)38-31-33-47-46-24-11-15-29-53(46)62-54(47)35-38)37-30-32-45-44-23-10-14-28-51(44)58(52(45)34-37)49-26-12-8-21-42(49)40-19-5-6-20-41(40)43-22-9-13-27-50(43)58;;/h2*1-35H;2*1H4. The molecule has 4 aliphatic carbocycles. The summed E-state index contributed by atoms with van der Waals surface area (Å²) in [4.78, 5) is 32.0. The second-order valence-electron chi connectivity index (χ2n) is 32.4. The van der Waals surface area contributed by atoms with Crippen LogP contribution >= 0.6 is 0 Å². The number of fused-ring (bicyclic) bond motifs is 30. The number of aromatic nitrogens is 6. The van der Waals surface area contributed by atoms with Crippen LogP contribution in [-0.4, -0.2) is 29.9 Å². The van der Waals surface area contributed by atoms with Gasteiger partial charge in [0.2, 0.25) is 0 Å². The smallest absolute Gasteiger partial charge is 0.164 e. The molecule has 4 aromatic heterocycles. The first-order valence-electron chi connectivity index (χ1n) is 42.2. The van der Waals surface area contributed by atoms with Crippen LogP contribution in [0.15, 0.2) is 433 Å². The number of rotatable bonds is 8. The SMILES string of the molecule is C.C.c1ccc(-c2ccccc2-c2nc(-c3ccc4c(c3)C3(c5ccccc5-c5ccccc5-c5ccccc53)c3ccccc3-4)nc(-c3ccc4c(c3)oc3ccccc34)n2)cc1.c1ccc(-c2ccccc2-c2nc(-c3ccc4c(c3)C3(c5ccccc5-c5ccccc5-c5ccccc53)c3ccccc3-4)nc(-c3ccc4oc5ccccc5c4c3)n2)cc1. The second kappa shape index (κ2) is 29.7. The Bertz CT molecular complexity index is 8020. The summed E-state index contributed by atoms with van der Waals surface area (Å²) in [6.07, 6.45) is 0. The molecule has 0 amide bonds. The van der Waals surface area contributed by atoms with Gasteiger partial charge in [-0.3, -0.25) is 0 Å². The highest BCUT2D eigenvalue weighted by molar-refractivity contribution is 6.08. The maximum Gasteiger partial charge on any atom is 0.164 e. The van der Waals surface area contributed by atoms with Crippen LogP contribution in [0, 0.1) is 0 Å². The normalized spacial score (nSPS) is 12.8. The fourth-order valence-corrected chi connectivity index (χ4v) is 20.7. The fourth-order valence-electron chi connectivity index (χ4n) is 20.7. The minimum absolute atomic E-state index is 0. The molecule has 8 nitrogen and oxygen atoms in total. The minimum Gasteiger partial charge on any atom is -0.456 e. The molecule has 0 saturated heterocycles. The van der Waals surface area contributed by atoms with E-state index in [1.807, 2.05) is 54.6 Å². The van der Waals surface area contributed by atoms with Crippen molar-refractivity contribution in [3.63, 3.8) is 0 Å². The molecule has 4 aliphatic rings. The van der Waals surface area contributed by atoms with Gasteiger partial charge in [-0.15, -0.1) is 0 Å². The topological polar surface area (TPSA) is 104 Å². The zero-order valence-corrected chi connectivity index (χ0v) is 66.9. The third kappa shape index (κ3) is 11.4. The number of benzene rings is 18. The molecule has 126 heavy (non-hydrogen) atoms. The lowest BCUT2D eigenvalue weighted by Gasteiger charge is -2.35. The molecule has 0 bridgehead atoms. The van der Waals surface area contributed by atoms with Crippen LogP contribution in [0.1, 0.15) is 59.4 Å². The van der Waals surface area contributed by atoms with Crippen molar-refractivity contribution in [3.8, 4) is 157 Å². The van der Waals surface area contributed by atoms with Gasteiger partial charge in [0.15, 0.2) is 34.9 Å². The Hall–Kier alpha value is -16.4. The number of furan rings is 2. The Morgan fingerprint density at radius 1 is 0.143 bits per heavy atom. The first-order valence-corrected chi connectivity index (χ1v) is 42.2. The van der Waals surface area contributed by atoms with Gasteiger partial charge >= 0.3 is 0 Å². The van der Waals surface area contributed by atoms with Gasteiger partial charge in [-0.2, -0.15) is 0 Å². The molecule has 18 aromatic carbocycles. The van der Waals surface area contributed by atoms with E-state index in [9.17, 15) is 0 Å². The average molecular weight is 1610 g/mol. The predicted molar refractivity (Wildman–Crippen MR) is 515 cm³/mol. The van der Waals surface area contributed by atoms with Crippen LogP contribution in [-0.2, 0) is 10.8 Å². The molecule has 0 atom stereocenters. The van der Waals surface area contributed by atoms with E-state index in [4.69, 9.17) is 38.7 Å². The molecule has 8 heteroatoms. The van der Waals surface area contributed by atoms with Crippen molar-refractivity contribution in [2.75, 3.05) is 0 Å². The molecule has 0 saturated carbocycles. The first kappa shape index (κ1) is 74.6. The number of para-hydroxylation sites is 2. The van der Waals surface area contributed by atoms with Crippen molar-refractivity contribution in [1.29, 1.82) is 0 Å². The second-order valence-corrected chi connectivity index (χ2v) is 32.4. The highest BCUT2D eigenvalue weighted by Gasteiger charge is 2.52. The molecule has 0 radical (unpaired) electrons. The number of nitrogens with zero attached hydrogens (tertiary/aromatic N) is 6. The molecule has 592 valence electrons. The third-order valence-electron chi connectivity index (χ3n) is 26.0. The summed E-state index contributed by atoms with van der Waals surface area (Å²) in [5.74, 6) is 3.60. The van der Waals surface area contributed by atoms with Gasteiger partial charge in [-0.05, 0) is 188 Å². The Kier molecular flexibility index (Phi) is 17.6. The van der Waals surface area contributed by atoms with Crippen LogP contribution in [0.3, 0.4) is 0 Å². The molecule has 4 heterocycles. The number of hydrogen-bond donors (Lipinski definition) is 0. The summed E-state index contributed by atoms with van der Waals surface area (Å²) < 4.78 is 12.6. The highest BCUT2D eigenvalue weighted by Crippen LogP contribution is 2.64. The third-order valence-corrected chi connectivity index (χ3v) is 26.0. The van der Waals surface area contributed by atoms with Crippen LogP contribution in [0.25, 0.3) is 201 Å². The molecule has 26 rings (SSSR count). The van der Waals surface area contributed by atoms with Crippen molar-refractivity contribution >= 4 is 43.9 Å². The lowest BCUT2D eigenvalue weighted by atomic mass is 9.66.